The maximum Gasteiger partial charge on any atom is 0.353 e. The molecule has 0 spiro atoms. The molecule has 0 aliphatic carbocycles. The highest BCUT2D eigenvalue weighted by Gasteiger charge is 2.25. The van der Waals surface area contributed by atoms with Crippen molar-refractivity contribution >= 4 is 35.0 Å². The van der Waals surface area contributed by atoms with Gasteiger partial charge in [-0.05, 0) is 36.8 Å². The molecule has 2 aromatic rings. The number of hydrogen-bond donors (Lipinski definition) is 6. The lowest BCUT2D eigenvalue weighted by Gasteiger charge is -2.20. The van der Waals surface area contributed by atoms with E-state index in [2.05, 4.69) is 5.32 Å². The van der Waals surface area contributed by atoms with Crippen molar-refractivity contribution in [2.45, 2.75) is 32.1 Å². The number of amidine groups is 1. The lowest BCUT2D eigenvalue weighted by molar-refractivity contribution is -0.143. The molecule has 0 fully saturated rings. The SMILES string of the molecule is CC(Cc1ccc(C(=O)Oc2ccc(C(=N)N)cc2F)s1)C(=O)N[C@@H](CC(=O)O)C(O)O. The van der Waals surface area contributed by atoms with Crippen LogP contribution in [0.15, 0.2) is 30.3 Å². The number of aliphatic hydroxyl groups excluding tert-OH is 1. The summed E-state index contributed by atoms with van der Waals surface area (Å²) in [5.74, 6) is -4.86. The summed E-state index contributed by atoms with van der Waals surface area (Å²) in [6.07, 6.45) is -2.50. The van der Waals surface area contributed by atoms with E-state index >= 15 is 0 Å². The Labute approximate surface area is 185 Å². The lowest BCUT2D eigenvalue weighted by Crippen LogP contribution is -2.46. The maximum absolute atomic E-state index is 14.0. The van der Waals surface area contributed by atoms with Gasteiger partial charge in [-0.2, -0.15) is 0 Å². The molecule has 0 radical (unpaired) electrons. The van der Waals surface area contributed by atoms with E-state index in [0.29, 0.717) is 4.88 Å². The fourth-order valence-electron chi connectivity index (χ4n) is 2.64. The van der Waals surface area contributed by atoms with Crippen molar-refractivity contribution in [2.24, 2.45) is 11.7 Å². The van der Waals surface area contributed by atoms with Gasteiger partial charge in [0.05, 0.1) is 12.5 Å². The number of esters is 1. The molecule has 0 saturated carbocycles. The second-order valence-corrected chi connectivity index (χ2v) is 8.11. The number of carbonyl (C=O) groups excluding carboxylic acids is 2. The normalized spacial score (nSPS) is 12.8. The number of halogens is 1. The molecule has 1 aromatic heterocycles. The molecule has 1 amide bonds. The van der Waals surface area contributed by atoms with E-state index in [0.717, 1.165) is 17.4 Å². The number of thiophene rings is 1. The van der Waals surface area contributed by atoms with E-state index in [9.17, 15) is 29.0 Å². The number of nitrogens with two attached hydrogens (primary N) is 1. The van der Waals surface area contributed by atoms with Crippen LogP contribution in [0.5, 0.6) is 5.75 Å². The summed E-state index contributed by atoms with van der Waals surface area (Å²) in [6, 6.07) is 5.20. The number of ether oxygens (including phenoxy) is 1. The number of amides is 1. The second kappa shape index (κ2) is 10.8. The van der Waals surface area contributed by atoms with Crippen molar-refractivity contribution in [3.63, 3.8) is 0 Å². The quantitative estimate of drug-likeness (QED) is 0.0976. The summed E-state index contributed by atoms with van der Waals surface area (Å²) >= 11 is 1.03. The van der Waals surface area contributed by atoms with Crippen LogP contribution in [0, 0.1) is 17.1 Å². The minimum absolute atomic E-state index is 0.146. The van der Waals surface area contributed by atoms with Crippen molar-refractivity contribution in [1.82, 2.24) is 5.32 Å². The molecule has 0 bridgehead atoms. The molecule has 7 N–H and O–H groups in total. The van der Waals surface area contributed by atoms with Crippen molar-refractivity contribution in [1.29, 1.82) is 5.41 Å². The predicted octanol–water partition coefficient (Wildman–Crippen LogP) is 0.839. The average Bonchev–Trinajstić information content (AvgIpc) is 3.16. The number of aliphatic hydroxyl groups is 2. The summed E-state index contributed by atoms with van der Waals surface area (Å²) in [6.45, 7) is 1.56. The number of nitrogens with one attached hydrogen (secondary N) is 2. The molecule has 12 heteroatoms. The predicted molar refractivity (Wildman–Crippen MR) is 112 cm³/mol. The minimum atomic E-state index is -2.03. The largest absolute Gasteiger partial charge is 0.481 e. The first-order chi connectivity index (χ1) is 15.0. The van der Waals surface area contributed by atoms with Gasteiger partial charge in [0.1, 0.15) is 10.7 Å². The van der Waals surface area contributed by atoms with Crippen LogP contribution in [-0.2, 0) is 16.0 Å². The van der Waals surface area contributed by atoms with Crippen LogP contribution in [0.1, 0.15) is 33.5 Å². The van der Waals surface area contributed by atoms with Gasteiger partial charge in [0, 0.05) is 16.4 Å². The molecule has 10 nitrogen and oxygen atoms in total. The Hall–Kier alpha value is -3.35. The van der Waals surface area contributed by atoms with Gasteiger partial charge in [-0.25, -0.2) is 9.18 Å². The smallest absolute Gasteiger partial charge is 0.353 e. The Bertz CT molecular complexity index is 1020. The number of carboxylic acids is 1. The van der Waals surface area contributed by atoms with Gasteiger partial charge in [-0.3, -0.25) is 15.0 Å². The molecular formula is C20H22FN3O7S. The first-order valence-electron chi connectivity index (χ1n) is 9.31. The first-order valence-corrected chi connectivity index (χ1v) is 10.1. The van der Waals surface area contributed by atoms with Crippen molar-refractivity contribution in [3.05, 3.63) is 51.5 Å². The van der Waals surface area contributed by atoms with E-state index in [1.54, 1.807) is 13.0 Å². The summed E-state index contributed by atoms with van der Waals surface area (Å²) in [5, 5.41) is 36.8. The Balaban J connectivity index is 1.99. The topological polar surface area (TPSA) is 183 Å². The molecule has 1 aromatic carbocycles. The lowest BCUT2D eigenvalue weighted by atomic mass is 10.0. The Morgan fingerprint density at radius 2 is 1.94 bits per heavy atom. The molecule has 172 valence electrons. The molecule has 2 atom stereocenters. The van der Waals surface area contributed by atoms with Gasteiger partial charge >= 0.3 is 11.9 Å². The molecule has 0 saturated heterocycles. The van der Waals surface area contributed by atoms with Crippen LogP contribution in [0.4, 0.5) is 4.39 Å². The highest BCUT2D eigenvalue weighted by molar-refractivity contribution is 7.13. The third-order valence-corrected chi connectivity index (χ3v) is 5.43. The molecule has 1 unspecified atom stereocenters. The zero-order chi connectivity index (χ0) is 24.0. The minimum Gasteiger partial charge on any atom is -0.481 e. The van der Waals surface area contributed by atoms with E-state index < -0.39 is 48.3 Å². The van der Waals surface area contributed by atoms with Crippen LogP contribution in [0.2, 0.25) is 0 Å². The van der Waals surface area contributed by atoms with E-state index in [-0.39, 0.29) is 28.4 Å². The van der Waals surface area contributed by atoms with Gasteiger partial charge < -0.3 is 31.1 Å². The number of rotatable bonds is 10. The Morgan fingerprint density at radius 1 is 1.25 bits per heavy atom. The third kappa shape index (κ3) is 6.83. The average molecular weight is 467 g/mol. The zero-order valence-electron chi connectivity index (χ0n) is 16.9. The maximum atomic E-state index is 14.0. The zero-order valence-corrected chi connectivity index (χ0v) is 17.7. The first kappa shape index (κ1) is 24.9. The monoisotopic (exact) mass is 467 g/mol. The highest BCUT2D eigenvalue weighted by atomic mass is 32.1. The molecule has 0 aliphatic rings. The van der Waals surface area contributed by atoms with Crippen LogP contribution in [0.25, 0.3) is 0 Å². The molecule has 32 heavy (non-hydrogen) atoms. The van der Waals surface area contributed by atoms with Gasteiger partial charge in [0.15, 0.2) is 17.9 Å². The fraction of sp³-hybridized carbons (Fsp3) is 0.300. The Kier molecular flexibility index (Phi) is 8.41. The van der Waals surface area contributed by atoms with E-state index in [1.165, 1.54) is 18.2 Å². The van der Waals surface area contributed by atoms with E-state index in [4.69, 9.17) is 21.0 Å². The summed E-state index contributed by atoms with van der Waals surface area (Å²) < 4.78 is 19.1. The van der Waals surface area contributed by atoms with Gasteiger partial charge in [0.25, 0.3) is 0 Å². The number of carboxylic acid groups (broad SMARTS) is 1. The van der Waals surface area contributed by atoms with Crippen LogP contribution in [0.3, 0.4) is 0 Å². The number of carbonyl (C=O) groups is 3. The van der Waals surface area contributed by atoms with Crippen LogP contribution < -0.4 is 15.8 Å². The summed E-state index contributed by atoms with van der Waals surface area (Å²) in [5.41, 5.74) is 5.43. The van der Waals surface area contributed by atoms with Crippen LogP contribution in [-0.4, -0.2) is 51.3 Å². The molecular weight excluding hydrogens is 445 g/mol. The van der Waals surface area contributed by atoms with Crippen molar-refractivity contribution in [3.8, 4) is 5.75 Å². The number of nitrogen functional groups attached to an aromatic ring is 1. The summed E-state index contributed by atoms with van der Waals surface area (Å²) in [4.78, 5) is 36.1. The molecule has 0 aliphatic heterocycles. The Morgan fingerprint density at radius 3 is 2.50 bits per heavy atom. The van der Waals surface area contributed by atoms with Gasteiger partial charge in [-0.1, -0.05) is 6.92 Å². The standard InChI is InChI=1S/C20H22FN3O7S/c1-9(18(27)24-13(19(28)29)8-16(25)26)6-11-3-5-15(32-11)20(30)31-14-4-2-10(17(22)23)7-12(14)21/h2-5,7,9,13,19,28-29H,6,8H2,1H3,(H3,22,23)(H,24,27)(H,25,26)/t9?,13-/m0/s1. The number of benzene rings is 1. The fourth-order valence-corrected chi connectivity index (χ4v) is 3.65. The molecule has 2 rings (SSSR count). The van der Waals surface area contributed by atoms with Crippen molar-refractivity contribution < 1.29 is 38.8 Å². The van der Waals surface area contributed by atoms with Crippen molar-refractivity contribution in [2.75, 3.05) is 0 Å². The highest BCUT2D eigenvalue weighted by Crippen LogP contribution is 2.24. The molecule has 1 heterocycles. The van der Waals surface area contributed by atoms with Crippen LogP contribution >= 0.6 is 11.3 Å². The van der Waals surface area contributed by atoms with Gasteiger partial charge in [-0.15, -0.1) is 11.3 Å². The number of hydrogen-bond acceptors (Lipinski definition) is 8. The summed E-state index contributed by atoms with van der Waals surface area (Å²) in [7, 11) is 0. The van der Waals surface area contributed by atoms with Gasteiger partial charge in [0.2, 0.25) is 5.91 Å². The van der Waals surface area contributed by atoms with E-state index in [1.807, 2.05) is 0 Å². The number of aliphatic carboxylic acids is 1. The third-order valence-electron chi connectivity index (χ3n) is 4.35. The second-order valence-electron chi connectivity index (χ2n) is 6.95.